The van der Waals surface area contributed by atoms with E-state index >= 15 is 0 Å². The average molecular weight is 418 g/mol. The third-order valence-corrected chi connectivity index (χ3v) is 6.13. The van der Waals surface area contributed by atoms with E-state index in [4.69, 9.17) is 9.47 Å². The largest absolute Gasteiger partial charge is 0.497 e. The first-order valence-electron chi connectivity index (χ1n) is 8.34. The molecule has 0 amide bonds. The Bertz CT molecular complexity index is 1120. The average Bonchev–Trinajstić information content (AvgIpc) is 3.14. The summed E-state index contributed by atoms with van der Waals surface area (Å²) in [5, 5.41) is 2.61. The first-order chi connectivity index (χ1) is 13.3. The van der Waals surface area contributed by atoms with Crippen LogP contribution in [0.3, 0.4) is 0 Å². The Morgan fingerprint density at radius 1 is 1.18 bits per heavy atom. The van der Waals surface area contributed by atoms with Crippen molar-refractivity contribution in [2.75, 3.05) is 13.4 Å². The molecule has 28 heavy (non-hydrogen) atoms. The molecule has 0 bridgehead atoms. The zero-order valence-electron chi connectivity index (χ0n) is 15.6. The summed E-state index contributed by atoms with van der Waals surface area (Å²) < 4.78 is 34.0. The lowest BCUT2D eigenvalue weighted by Crippen LogP contribution is -2.09. The second-order valence-corrected chi connectivity index (χ2v) is 9.07. The number of hydrogen-bond donors (Lipinski definition) is 0. The predicted octanol–water partition coefficient (Wildman–Crippen LogP) is 3.89. The molecule has 6 nitrogen and oxygen atoms in total. The fourth-order valence-electron chi connectivity index (χ4n) is 2.53. The minimum absolute atomic E-state index is 0.00183. The number of carbonyl (C=O) groups is 1. The number of benzene rings is 2. The number of carbonyl (C=O) groups excluding carboxylic acids is 1. The second-order valence-electron chi connectivity index (χ2n) is 6.20. The molecule has 0 fully saturated rings. The maximum Gasteiger partial charge on any atom is 0.338 e. The molecule has 1 aromatic heterocycles. The number of rotatable bonds is 6. The number of thiazole rings is 1. The summed E-state index contributed by atoms with van der Waals surface area (Å²) in [7, 11) is -1.80. The number of methoxy groups -OCH3 is 1. The van der Waals surface area contributed by atoms with Crippen molar-refractivity contribution in [2.24, 2.45) is 0 Å². The molecule has 2 aromatic carbocycles. The van der Waals surface area contributed by atoms with Gasteiger partial charge in [0.25, 0.3) is 0 Å². The molecule has 0 aliphatic rings. The van der Waals surface area contributed by atoms with Crippen LogP contribution >= 0.6 is 11.3 Å². The van der Waals surface area contributed by atoms with Gasteiger partial charge in [0.2, 0.25) is 0 Å². The van der Waals surface area contributed by atoms with E-state index in [-0.39, 0.29) is 17.1 Å². The third-order valence-electron chi connectivity index (χ3n) is 4.08. The van der Waals surface area contributed by atoms with Crippen LogP contribution in [0.25, 0.3) is 10.6 Å². The van der Waals surface area contributed by atoms with Crippen molar-refractivity contribution in [3.63, 3.8) is 0 Å². The van der Waals surface area contributed by atoms with Crippen LogP contribution in [0.1, 0.15) is 21.6 Å². The summed E-state index contributed by atoms with van der Waals surface area (Å²) in [6, 6.07) is 12.0. The fraction of sp³-hybridized carbons (Fsp3) is 0.200. The van der Waals surface area contributed by atoms with Crippen LogP contribution in [0.5, 0.6) is 5.75 Å². The molecular formula is C20H19NO5S2. The van der Waals surface area contributed by atoms with Crippen molar-refractivity contribution in [1.82, 2.24) is 4.98 Å². The Morgan fingerprint density at radius 2 is 1.96 bits per heavy atom. The van der Waals surface area contributed by atoms with Gasteiger partial charge in [0.15, 0.2) is 9.84 Å². The van der Waals surface area contributed by atoms with Crippen LogP contribution in [0.2, 0.25) is 0 Å². The molecule has 0 aliphatic carbocycles. The Kier molecular flexibility index (Phi) is 5.81. The van der Waals surface area contributed by atoms with Gasteiger partial charge in [-0.1, -0.05) is 18.2 Å². The van der Waals surface area contributed by atoms with Crippen molar-refractivity contribution in [3.8, 4) is 16.3 Å². The molecule has 0 radical (unpaired) electrons. The highest BCUT2D eigenvalue weighted by Crippen LogP contribution is 2.27. The number of ether oxygens (including phenoxy) is 2. The maximum absolute atomic E-state index is 12.4. The Hall–Kier alpha value is -2.71. The maximum atomic E-state index is 12.4. The van der Waals surface area contributed by atoms with Crippen LogP contribution in [-0.4, -0.2) is 32.7 Å². The molecule has 0 N–H and O–H groups in total. The Morgan fingerprint density at radius 3 is 2.68 bits per heavy atom. The molecular weight excluding hydrogens is 398 g/mol. The second kappa shape index (κ2) is 8.12. The quantitative estimate of drug-likeness (QED) is 0.566. The molecule has 0 aliphatic heterocycles. The monoisotopic (exact) mass is 417 g/mol. The number of aromatic nitrogens is 1. The lowest BCUT2D eigenvalue weighted by molar-refractivity contribution is 0.0467. The van der Waals surface area contributed by atoms with E-state index in [0.717, 1.165) is 22.6 Å². The molecule has 3 rings (SSSR count). The van der Waals surface area contributed by atoms with Crippen LogP contribution in [0.15, 0.2) is 52.7 Å². The van der Waals surface area contributed by atoms with Gasteiger partial charge in [-0.15, -0.1) is 11.3 Å². The molecule has 3 aromatic rings. The van der Waals surface area contributed by atoms with Crippen LogP contribution in [0, 0.1) is 6.92 Å². The predicted molar refractivity (Wildman–Crippen MR) is 108 cm³/mol. The lowest BCUT2D eigenvalue weighted by Gasteiger charge is -2.08. The zero-order valence-corrected chi connectivity index (χ0v) is 17.3. The van der Waals surface area contributed by atoms with E-state index in [9.17, 15) is 13.2 Å². The van der Waals surface area contributed by atoms with Crippen molar-refractivity contribution in [3.05, 3.63) is 64.7 Å². The van der Waals surface area contributed by atoms with E-state index in [1.54, 1.807) is 20.1 Å². The van der Waals surface area contributed by atoms with Crippen LogP contribution in [-0.2, 0) is 21.2 Å². The van der Waals surface area contributed by atoms with Crippen molar-refractivity contribution < 1.29 is 22.7 Å². The topological polar surface area (TPSA) is 82.6 Å². The highest BCUT2D eigenvalue weighted by molar-refractivity contribution is 7.90. The van der Waals surface area contributed by atoms with Gasteiger partial charge in [0, 0.05) is 17.2 Å². The van der Waals surface area contributed by atoms with Crippen LogP contribution in [0.4, 0.5) is 0 Å². The number of nitrogens with zero attached hydrogens (tertiary/aromatic N) is 1. The molecule has 8 heteroatoms. The third kappa shape index (κ3) is 4.58. The van der Waals surface area contributed by atoms with Gasteiger partial charge in [-0.05, 0) is 36.8 Å². The normalized spacial score (nSPS) is 11.2. The fourth-order valence-corrected chi connectivity index (χ4v) is 3.98. The molecule has 0 unspecified atom stereocenters. The highest BCUT2D eigenvalue weighted by Gasteiger charge is 2.16. The number of esters is 1. The Balaban J connectivity index is 1.73. The van der Waals surface area contributed by atoms with Gasteiger partial charge < -0.3 is 9.47 Å². The Labute approximate surface area is 167 Å². The molecule has 1 heterocycles. The summed E-state index contributed by atoms with van der Waals surface area (Å²) in [6.07, 6.45) is 1.10. The highest BCUT2D eigenvalue weighted by atomic mass is 32.2. The van der Waals surface area contributed by atoms with Gasteiger partial charge in [-0.2, -0.15) is 0 Å². The molecule has 0 saturated carbocycles. The number of sulfone groups is 1. The van der Waals surface area contributed by atoms with Gasteiger partial charge in [0.05, 0.1) is 23.3 Å². The van der Waals surface area contributed by atoms with E-state index < -0.39 is 15.8 Å². The minimum atomic E-state index is -3.40. The molecule has 0 atom stereocenters. The van der Waals surface area contributed by atoms with Gasteiger partial charge in [0.1, 0.15) is 17.4 Å². The summed E-state index contributed by atoms with van der Waals surface area (Å²) in [6.45, 7) is 1.73. The minimum Gasteiger partial charge on any atom is -0.497 e. The van der Waals surface area contributed by atoms with E-state index in [1.165, 1.54) is 23.5 Å². The SMILES string of the molecule is COc1cccc(-c2nc(COC(=O)c3cc(S(C)(=O)=O)ccc3C)cs2)c1. The first-order valence-corrected chi connectivity index (χ1v) is 11.1. The van der Waals surface area contributed by atoms with E-state index in [1.807, 2.05) is 29.6 Å². The summed E-state index contributed by atoms with van der Waals surface area (Å²) >= 11 is 1.44. The van der Waals surface area contributed by atoms with Crippen molar-refractivity contribution in [2.45, 2.75) is 18.4 Å². The van der Waals surface area contributed by atoms with Gasteiger partial charge >= 0.3 is 5.97 Å². The van der Waals surface area contributed by atoms with E-state index in [2.05, 4.69) is 4.98 Å². The number of aryl methyl sites for hydroxylation is 1. The summed E-state index contributed by atoms with van der Waals surface area (Å²) in [5.74, 6) is 0.154. The molecule has 146 valence electrons. The standard InChI is InChI=1S/C20H19NO5S2/c1-13-7-8-17(28(3,23)24)10-18(13)20(22)26-11-15-12-27-19(21-15)14-5-4-6-16(9-14)25-2/h4-10,12H,11H2,1-3H3. The zero-order chi connectivity index (χ0) is 20.3. The summed E-state index contributed by atoms with van der Waals surface area (Å²) in [5.41, 5.74) is 2.41. The molecule has 0 spiro atoms. The first kappa shape index (κ1) is 20.0. The van der Waals surface area contributed by atoms with Crippen molar-refractivity contribution >= 4 is 27.1 Å². The van der Waals surface area contributed by atoms with E-state index in [0.29, 0.717) is 11.3 Å². The summed E-state index contributed by atoms with van der Waals surface area (Å²) in [4.78, 5) is 17.0. The number of hydrogen-bond acceptors (Lipinski definition) is 7. The van der Waals surface area contributed by atoms with Gasteiger partial charge in [-0.3, -0.25) is 0 Å². The smallest absolute Gasteiger partial charge is 0.338 e. The lowest BCUT2D eigenvalue weighted by atomic mass is 10.1. The molecule has 0 saturated heterocycles. The van der Waals surface area contributed by atoms with Gasteiger partial charge in [-0.25, -0.2) is 18.2 Å². The van der Waals surface area contributed by atoms with Crippen molar-refractivity contribution in [1.29, 1.82) is 0 Å². The van der Waals surface area contributed by atoms with Crippen LogP contribution < -0.4 is 4.74 Å².